The van der Waals surface area contributed by atoms with E-state index in [4.69, 9.17) is 9.90 Å². The number of benzene rings is 1. The normalized spacial score (nSPS) is 20.8. The zero-order valence-electron chi connectivity index (χ0n) is 17.2. The van der Waals surface area contributed by atoms with Crippen LogP contribution in [0.5, 0.6) is 0 Å². The minimum absolute atomic E-state index is 0.0722. The summed E-state index contributed by atoms with van der Waals surface area (Å²) in [6, 6.07) is 11.0. The van der Waals surface area contributed by atoms with Crippen molar-refractivity contribution in [2.45, 2.75) is 17.9 Å². The summed E-state index contributed by atoms with van der Waals surface area (Å²) in [5.41, 5.74) is 2.14. The lowest BCUT2D eigenvalue weighted by atomic mass is 9.73. The summed E-state index contributed by atoms with van der Waals surface area (Å²) in [5.74, 6) is -0.247. The van der Waals surface area contributed by atoms with Crippen LogP contribution < -0.4 is 10.6 Å². The number of carbonyl (C=O) groups excluding carboxylic acids is 2. The van der Waals surface area contributed by atoms with Crippen molar-refractivity contribution < 1.29 is 19.5 Å². The van der Waals surface area contributed by atoms with Crippen molar-refractivity contribution in [1.29, 1.82) is 0 Å². The Morgan fingerprint density at radius 2 is 2.12 bits per heavy atom. The Morgan fingerprint density at radius 1 is 1.34 bits per heavy atom. The molecule has 1 saturated heterocycles. The molecule has 0 bridgehead atoms. The number of nitrogens with one attached hydrogen (secondary N) is 2. The number of amides is 2. The second-order valence-electron chi connectivity index (χ2n) is 7.30. The predicted molar refractivity (Wildman–Crippen MR) is 120 cm³/mol. The van der Waals surface area contributed by atoms with E-state index in [-0.39, 0.29) is 18.3 Å². The highest BCUT2D eigenvalue weighted by molar-refractivity contribution is 7.13. The summed E-state index contributed by atoms with van der Waals surface area (Å²) in [7, 11) is 1.77. The van der Waals surface area contributed by atoms with Gasteiger partial charge >= 0.3 is 0 Å². The Balaban J connectivity index is 0.000000775. The molecular formula is C22H21N5O4S. The first-order valence-corrected chi connectivity index (χ1v) is 10.8. The van der Waals surface area contributed by atoms with E-state index >= 15 is 0 Å². The highest BCUT2D eigenvalue weighted by Crippen LogP contribution is 2.54. The molecule has 2 amide bonds. The second-order valence-corrected chi connectivity index (χ2v) is 8.16. The molecule has 2 unspecified atom stereocenters. The van der Waals surface area contributed by atoms with Gasteiger partial charge in [-0.25, -0.2) is 4.98 Å². The summed E-state index contributed by atoms with van der Waals surface area (Å²) in [4.78, 5) is 45.5. The lowest BCUT2D eigenvalue weighted by molar-refractivity contribution is -0.123. The summed E-state index contributed by atoms with van der Waals surface area (Å²) < 4.78 is 0. The van der Waals surface area contributed by atoms with E-state index in [0.29, 0.717) is 23.8 Å². The van der Waals surface area contributed by atoms with Crippen LogP contribution in [0.1, 0.15) is 34.1 Å². The van der Waals surface area contributed by atoms with Crippen molar-refractivity contribution in [3.8, 4) is 0 Å². The maximum Gasteiger partial charge on any atom is 0.290 e. The van der Waals surface area contributed by atoms with Crippen molar-refractivity contribution in [3.05, 3.63) is 71.0 Å². The molecule has 32 heavy (non-hydrogen) atoms. The summed E-state index contributed by atoms with van der Waals surface area (Å²) in [5, 5.41) is 15.3. The number of aromatic nitrogens is 2. The van der Waals surface area contributed by atoms with Crippen LogP contribution in [0.25, 0.3) is 0 Å². The van der Waals surface area contributed by atoms with Gasteiger partial charge in [0, 0.05) is 37.1 Å². The van der Waals surface area contributed by atoms with Crippen LogP contribution in [-0.4, -0.2) is 51.9 Å². The molecule has 9 nitrogen and oxygen atoms in total. The first-order valence-electron chi connectivity index (χ1n) is 9.89. The molecule has 1 spiro atoms. The maximum absolute atomic E-state index is 13.4. The molecule has 3 N–H and O–H groups in total. The molecular weight excluding hydrogens is 430 g/mol. The first kappa shape index (κ1) is 21.4. The number of pyridine rings is 1. The van der Waals surface area contributed by atoms with Gasteiger partial charge in [-0.3, -0.25) is 19.4 Å². The Hall–Kier alpha value is -3.79. The molecule has 0 radical (unpaired) electrons. The zero-order valence-corrected chi connectivity index (χ0v) is 18.0. The van der Waals surface area contributed by atoms with Gasteiger partial charge in [-0.2, -0.15) is 0 Å². The third-order valence-corrected chi connectivity index (χ3v) is 6.64. The lowest BCUT2D eigenvalue weighted by Crippen LogP contribution is -2.42. The molecule has 0 saturated carbocycles. The monoisotopic (exact) mass is 451 g/mol. The number of hydrogen-bond acceptors (Lipinski definition) is 7. The average molecular weight is 452 g/mol. The Bertz CT molecular complexity index is 1150. The molecule has 4 heterocycles. The van der Waals surface area contributed by atoms with E-state index in [9.17, 15) is 9.59 Å². The fourth-order valence-corrected chi connectivity index (χ4v) is 5.19. The third kappa shape index (κ3) is 3.38. The fraction of sp³-hybridized carbons (Fsp3) is 0.227. The number of carboxylic acid groups (broad SMARTS) is 1. The van der Waals surface area contributed by atoms with Crippen molar-refractivity contribution in [1.82, 2.24) is 14.9 Å². The molecule has 3 aromatic rings. The summed E-state index contributed by atoms with van der Waals surface area (Å²) in [6.45, 7) is 0.215. The third-order valence-electron chi connectivity index (χ3n) is 5.78. The maximum atomic E-state index is 13.4. The molecule has 2 atom stereocenters. The van der Waals surface area contributed by atoms with Gasteiger partial charge in [0.05, 0.1) is 6.04 Å². The van der Waals surface area contributed by atoms with Crippen LogP contribution in [0.15, 0.2) is 54.2 Å². The van der Waals surface area contributed by atoms with Gasteiger partial charge in [0.1, 0.15) is 11.1 Å². The molecule has 0 aliphatic carbocycles. The lowest BCUT2D eigenvalue weighted by Gasteiger charge is -2.34. The molecule has 2 aliphatic heterocycles. The van der Waals surface area contributed by atoms with Crippen LogP contribution >= 0.6 is 11.3 Å². The highest BCUT2D eigenvalue weighted by atomic mass is 32.1. The van der Waals surface area contributed by atoms with E-state index < -0.39 is 11.5 Å². The van der Waals surface area contributed by atoms with E-state index in [0.717, 1.165) is 16.8 Å². The minimum atomic E-state index is -0.836. The summed E-state index contributed by atoms with van der Waals surface area (Å²) in [6.07, 6.45) is 3.98. The molecule has 1 aromatic carbocycles. The molecule has 1 fully saturated rings. The number of nitrogens with zero attached hydrogens (tertiary/aromatic N) is 3. The summed E-state index contributed by atoms with van der Waals surface area (Å²) >= 11 is 1.39. The van der Waals surface area contributed by atoms with Gasteiger partial charge in [-0.15, -0.1) is 11.3 Å². The van der Waals surface area contributed by atoms with Crippen LogP contribution in [0, 0.1) is 0 Å². The number of anilines is 2. The van der Waals surface area contributed by atoms with Crippen molar-refractivity contribution in [2.75, 3.05) is 24.2 Å². The molecule has 5 rings (SSSR count). The SMILES string of the molecule is CNc1nc(C(=O)N2CCC3(C(=O)Nc4ccccc43)C2c2cccnc2)cs1.O=CO. The number of fused-ring (bicyclic) bond motifs is 2. The van der Waals surface area contributed by atoms with Gasteiger partial charge in [0.15, 0.2) is 5.13 Å². The Morgan fingerprint density at radius 3 is 2.81 bits per heavy atom. The van der Waals surface area contributed by atoms with E-state index in [2.05, 4.69) is 20.6 Å². The van der Waals surface area contributed by atoms with Crippen LogP contribution in [0.2, 0.25) is 0 Å². The number of para-hydroxylation sites is 1. The second kappa shape index (κ2) is 8.75. The van der Waals surface area contributed by atoms with Gasteiger partial charge in [0.2, 0.25) is 5.91 Å². The van der Waals surface area contributed by atoms with Crippen LogP contribution in [-0.2, 0) is 15.0 Å². The number of carbonyl (C=O) groups is 3. The number of rotatable bonds is 3. The number of thiazole rings is 1. The zero-order chi connectivity index (χ0) is 22.7. The predicted octanol–water partition coefficient (Wildman–Crippen LogP) is 2.76. The van der Waals surface area contributed by atoms with Crippen molar-refractivity contribution in [3.63, 3.8) is 0 Å². The van der Waals surface area contributed by atoms with Crippen molar-refractivity contribution >= 4 is 40.4 Å². The molecule has 2 aliphatic rings. The minimum Gasteiger partial charge on any atom is -0.483 e. The van der Waals surface area contributed by atoms with Gasteiger partial charge < -0.3 is 20.6 Å². The first-order chi connectivity index (χ1) is 15.6. The Labute approximate surface area is 188 Å². The number of hydrogen-bond donors (Lipinski definition) is 3. The van der Waals surface area contributed by atoms with Gasteiger partial charge in [0.25, 0.3) is 12.4 Å². The quantitative estimate of drug-likeness (QED) is 0.523. The molecule has 164 valence electrons. The largest absolute Gasteiger partial charge is 0.483 e. The average Bonchev–Trinajstić information content (AvgIpc) is 3.52. The highest BCUT2D eigenvalue weighted by Gasteiger charge is 2.59. The number of likely N-dealkylation sites (tertiary alicyclic amines) is 1. The Kier molecular flexibility index (Phi) is 5.87. The van der Waals surface area contributed by atoms with E-state index in [1.807, 2.05) is 36.4 Å². The van der Waals surface area contributed by atoms with E-state index in [1.165, 1.54) is 11.3 Å². The van der Waals surface area contributed by atoms with Crippen molar-refractivity contribution in [2.24, 2.45) is 0 Å². The molecule has 10 heteroatoms. The fourth-order valence-electron chi connectivity index (χ4n) is 4.54. The van der Waals surface area contributed by atoms with Gasteiger partial charge in [-0.05, 0) is 29.7 Å². The smallest absolute Gasteiger partial charge is 0.290 e. The standard InChI is InChI=1S/C21H19N5O2S.CH2O2/c1-22-20-25-16(12-29-20)18(27)26-10-8-21(17(26)13-5-4-9-23-11-13)14-6-2-3-7-15(14)24-19(21)28;2-1-3/h2-7,9,11-12,17H,8,10H2,1H3,(H,22,25)(H,24,28);1H,(H,2,3). The van der Waals surface area contributed by atoms with Crippen LogP contribution in [0.3, 0.4) is 0 Å². The van der Waals surface area contributed by atoms with Crippen LogP contribution in [0.4, 0.5) is 10.8 Å². The molecule has 2 aromatic heterocycles. The topological polar surface area (TPSA) is 125 Å². The van der Waals surface area contributed by atoms with E-state index in [1.54, 1.807) is 29.7 Å². The van der Waals surface area contributed by atoms with Gasteiger partial charge in [-0.1, -0.05) is 24.3 Å².